The number of hydrogen-bond donors (Lipinski definition) is 0. The zero-order valence-electron chi connectivity index (χ0n) is 19.3. The van der Waals surface area contributed by atoms with Gasteiger partial charge < -0.3 is 18.9 Å². The fraction of sp³-hybridized carbons (Fsp3) is 1.00. The Labute approximate surface area is 183 Å². The number of rotatable bonds is 19. The summed E-state index contributed by atoms with van der Waals surface area (Å²) in [6.45, 7) is 19.6. The van der Waals surface area contributed by atoms with Gasteiger partial charge in [-0.2, -0.15) is 23.5 Å². The van der Waals surface area contributed by atoms with E-state index in [2.05, 4.69) is 41.5 Å². The molecule has 0 rings (SSSR count). The minimum absolute atomic E-state index is 0.266. The molecule has 0 saturated carbocycles. The molecular formula is C22H46O4S2. The molecule has 0 N–H and O–H groups in total. The van der Waals surface area contributed by atoms with E-state index in [-0.39, 0.29) is 10.8 Å². The van der Waals surface area contributed by atoms with Gasteiger partial charge in [0.05, 0.1) is 39.6 Å². The van der Waals surface area contributed by atoms with Crippen LogP contribution in [0.3, 0.4) is 0 Å². The number of ether oxygens (including phenoxy) is 4. The highest BCUT2D eigenvalue weighted by Gasteiger charge is 2.10. The van der Waals surface area contributed by atoms with E-state index in [4.69, 9.17) is 18.9 Å². The fourth-order valence-corrected chi connectivity index (χ4v) is 3.57. The molecular weight excluding hydrogens is 392 g/mol. The summed E-state index contributed by atoms with van der Waals surface area (Å²) in [5.74, 6) is 4.38. The average molecular weight is 439 g/mol. The molecule has 0 aliphatic rings. The van der Waals surface area contributed by atoms with Crippen molar-refractivity contribution in [3.63, 3.8) is 0 Å². The molecule has 0 aliphatic heterocycles. The van der Waals surface area contributed by atoms with Crippen molar-refractivity contribution in [2.24, 2.45) is 10.8 Å². The second-order valence-corrected chi connectivity index (χ2v) is 11.8. The van der Waals surface area contributed by atoms with Crippen LogP contribution in [0.15, 0.2) is 0 Å². The normalized spacial score (nSPS) is 12.6. The highest BCUT2D eigenvalue weighted by molar-refractivity contribution is 7.99. The van der Waals surface area contributed by atoms with E-state index in [0.29, 0.717) is 13.2 Å². The maximum absolute atomic E-state index is 5.67. The van der Waals surface area contributed by atoms with Crippen LogP contribution < -0.4 is 0 Å². The van der Waals surface area contributed by atoms with Crippen LogP contribution in [0.2, 0.25) is 0 Å². The molecule has 0 aromatic carbocycles. The number of hydrogen-bond acceptors (Lipinski definition) is 6. The quantitative estimate of drug-likeness (QED) is 0.252. The lowest BCUT2D eigenvalue weighted by Gasteiger charge is -2.17. The Morgan fingerprint density at radius 2 is 0.857 bits per heavy atom. The lowest BCUT2D eigenvalue weighted by Crippen LogP contribution is -2.15. The Kier molecular flexibility index (Phi) is 18.7. The predicted molar refractivity (Wildman–Crippen MR) is 126 cm³/mol. The summed E-state index contributed by atoms with van der Waals surface area (Å²) in [5.41, 5.74) is 0.533. The minimum atomic E-state index is 0.266. The monoisotopic (exact) mass is 438 g/mol. The molecule has 0 atom stereocenters. The summed E-state index contributed by atoms with van der Waals surface area (Å²) in [5, 5.41) is 0. The molecule has 0 aliphatic carbocycles. The summed E-state index contributed by atoms with van der Waals surface area (Å²) in [6, 6.07) is 0. The largest absolute Gasteiger partial charge is 0.381 e. The Hall–Kier alpha value is 0.540. The maximum atomic E-state index is 5.67. The minimum Gasteiger partial charge on any atom is -0.381 e. The maximum Gasteiger partial charge on any atom is 0.0700 e. The second kappa shape index (κ2) is 18.3. The summed E-state index contributed by atoms with van der Waals surface area (Å²) in [7, 11) is 0. The van der Waals surface area contributed by atoms with Crippen LogP contribution in [-0.4, -0.2) is 75.9 Å². The molecule has 0 saturated heterocycles. The summed E-state index contributed by atoms with van der Waals surface area (Å²) in [6.07, 6.45) is 2.23. The van der Waals surface area contributed by atoms with E-state index in [1.165, 1.54) is 0 Å². The zero-order chi connectivity index (χ0) is 21.1. The Morgan fingerprint density at radius 3 is 1.21 bits per heavy atom. The van der Waals surface area contributed by atoms with Crippen molar-refractivity contribution < 1.29 is 18.9 Å². The smallest absolute Gasteiger partial charge is 0.0700 e. The van der Waals surface area contributed by atoms with E-state index in [1.807, 2.05) is 23.5 Å². The van der Waals surface area contributed by atoms with Crippen molar-refractivity contribution in [3.8, 4) is 0 Å². The molecule has 0 fully saturated rings. The van der Waals surface area contributed by atoms with Gasteiger partial charge in [0.25, 0.3) is 0 Å². The lowest BCUT2D eigenvalue weighted by molar-refractivity contribution is 0.0604. The molecule has 28 heavy (non-hydrogen) atoms. The van der Waals surface area contributed by atoms with Crippen molar-refractivity contribution in [1.29, 1.82) is 0 Å². The molecule has 4 nitrogen and oxygen atoms in total. The molecule has 0 amide bonds. The van der Waals surface area contributed by atoms with Gasteiger partial charge in [0.2, 0.25) is 0 Å². The van der Waals surface area contributed by atoms with Gasteiger partial charge in [-0.05, 0) is 35.2 Å². The highest BCUT2D eigenvalue weighted by Crippen LogP contribution is 2.14. The standard InChI is InChI=1S/C22H46O4S2/c1-21(2,3)19-25-9-7-15-27-17-13-23-11-12-24-14-18-28-16-8-10-26-20-22(4,5)6/h7-20H2,1-6H3. The first-order valence-corrected chi connectivity index (χ1v) is 13.0. The Morgan fingerprint density at radius 1 is 0.464 bits per heavy atom. The van der Waals surface area contributed by atoms with Gasteiger partial charge in [0, 0.05) is 24.7 Å². The molecule has 6 heteroatoms. The van der Waals surface area contributed by atoms with Crippen LogP contribution in [-0.2, 0) is 18.9 Å². The third kappa shape index (κ3) is 26.5. The van der Waals surface area contributed by atoms with Crippen molar-refractivity contribution >= 4 is 23.5 Å². The third-order valence-corrected chi connectivity index (χ3v) is 5.41. The molecule has 0 bridgehead atoms. The predicted octanol–water partition coefficient (Wildman–Crippen LogP) is 5.39. The second-order valence-electron chi connectivity index (χ2n) is 9.38. The van der Waals surface area contributed by atoms with Crippen molar-refractivity contribution in [3.05, 3.63) is 0 Å². The SMILES string of the molecule is CC(C)(C)COCCCSCCOCCOCCSCCCOCC(C)(C)C. The highest BCUT2D eigenvalue weighted by atomic mass is 32.2. The van der Waals surface area contributed by atoms with Crippen molar-refractivity contribution in [2.45, 2.75) is 54.4 Å². The zero-order valence-corrected chi connectivity index (χ0v) is 21.0. The van der Waals surface area contributed by atoms with E-state index in [1.54, 1.807) is 0 Å². The van der Waals surface area contributed by atoms with Crippen LogP contribution in [0.1, 0.15) is 54.4 Å². The third-order valence-electron chi connectivity index (χ3n) is 3.34. The molecule has 0 aromatic rings. The summed E-state index contributed by atoms with van der Waals surface area (Å²) >= 11 is 3.87. The molecule has 0 heterocycles. The van der Waals surface area contributed by atoms with Crippen molar-refractivity contribution in [2.75, 3.05) is 75.9 Å². The van der Waals surface area contributed by atoms with Gasteiger partial charge in [-0.15, -0.1) is 0 Å². The average Bonchev–Trinajstić information content (AvgIpc) is 2.58. The topological polar surface area (TPSA) is 36.9 Å². The van der Waals surface area contributed by atoms with Gasteiger partial charge in [-0.25, -0.2) is 0 Å². The Balaban J connectivity index is 3.07. The van der Waals surface area contributed by atoms with Gasteiger partial charge in [-0.1, -0.05) is 41.5 Å². The molecule has 0 unspecified atom stereocenters. The van der Waals surface area contributed by atoms with Gasteiger partial charge in [-0.3, -0.25) is 0 Å². The molecule has 170 valence electrons. The molecule has 0 spiro atoms. The van der Waals surface area contributed by atoms with Gasteiger partial charge in [0.15, 0.2) is 0 Å². The van der Waals surface area contributed by atoms with E-state index >= 15 is 0 Å². The van der Waals surface area contributed by atoms with Gasteiger partial charge in [0.1, 0.15) is 0 Å². The fourth-order valence-electron chi connectivity index (χ4n) is 2.04. The van der Waals surface area contributed by atoms with Gasteiger partial charge >= 0.3 is 0 Å². The van der Waals surface area contributed by atoms with Crippen LogP contribution in [0.25, 0.3) is 0 Å². The first kappa shape index (κ1) is 28.5. The van der Waals surface area contributed by atoms with E-state index in [9.17, 15) is 0 Å². The first-order valence-electron chi connectivity index (χ1n) is 10.7. The summed E-state index contributed by atoms with van der Waals surface area (Å²) in [4.78, 5) is 0. The van der Waals surface area contributed by atoms with Crippen molar-refractivity contribution in [1.82, 2.24) is 0 Å². The molecule has 0 aromatic heterocycles. The van der Waals surface area contributed by atoms with Crippen LogP contribution in [0, 0.1) is 10.8 Å². The van der Waals surface area contributed by atoms with Crippen LogP contribution >= 0.6 is 23.5 Å². The van der Waals surface area contributed by atoms with Crippen LogP contribution in [0.4, 0.5) is 0 Å². The number of thioether (sulfide) groups is 2. The first-order chi connectivity index (χ1) is 13.2. The summed E-state index contributed by atoms with van der Waals surface area (Å²) < 4.78 is 22.5. The Bertz CT molecular complexity index is 295. The van der Waals surface area contributed by atoms with Crippen LogP contribution in [0.5, 0.6) is 0 Å². The lowest BCUT2D eigenvalue weighted by atomic mass is 9.99. The van der Waals surface area contributed by atoms with E-state index < -0.39 is 0 Å². The molecule has 0 radical (unpaired) electrons. The van der Waals surface area contributed by atoms with E-state index in [0.717, 1.165) is 75.5 Å².